The third kappa shape index (κ3) is 9.64. The molecule has 0 saturated carbocycles. The first-order valence-corrected chi connectivity index (χ1v) is 6.84. The fourth-order valence-electron chi connectivity index (χ4n) is 1.38. The van der Waals surface area contributed by atoms with Crippen molar-refractivity contribution in [3.05, 3.63) is 0 Å². The summed E-state index contributed by atoms with van der Waals surface area (Å²) < 4.78 is 42.4. The van der Waals surface area contributed by atoms with Crippen LogP contribution in [-0.2, 0) is 19.1 Å². The number of carbonyl (C=O) groups excluding carboxylic acids is 4. The van der Waals surface area contributed by atoms with Gasteiger partial charge in [-0.1, -0.05) is 0 Å². The molecule has 24 heavy (non-hydrogen) atoms. The summed E-state index contributed by atoms with van der Waals surface area (Å²) in [6.45, 7) is 3.84. The van der Waals surface area contributed by atoms with Gasteiger partial charge in [0.2, 0.25) is 11.7 Å². The van der Waals surface area contributed by atoms with E-state index in [2.05, 4.69) is 5.32 Å². The van der Waals surface area contributed by atoms with Crippen molar-refractivity contribution in [2.45, 2.75) is 45.0 Å². The van der Waals surface area contributed by atoms with E-state index in [4.69, 9.17) is 4.74 Å². The molecule has 0 spiro atoms. The van der Waals surface area contributed by atoms with Crippen LogP contribution in [0.1, 0.15) is 27.2 Å². The number of hydrogen-bond donors (Lipinski definition) is 3. The van der Waals surface area contributed by atoms with E-state index in [1.807, 2.05) is 5.32 Å². The van der Waals surface area contributed by atoms with E-state index in [1.165, 1.54) is 27.8 Å². The Morgan fingerprint density at radius 2 is 1.62 bits per heavy atom. The van der Waals surface area contributed by atoms with Gasteiger partial charge in [-0.2, -0.15) is 13.2 Å². The smallest absolute Gasteiger partial charge is 0.408 e. The Labute approximate surface area is 136 Å². The molecule has 0 aromatic rings. The molecule has 0 saturated heterocycles. The van der Waals surface area contributed by atoms with Crippen LogP contribution in [0.3, 0.4) is 0 Å². The van der Waals surface area contributed by atoms with E-state index >= 15 is 0 Å². The van der Waals surface area contributed by atoms with E-state index in [0.29, 0.717) is 0 Å². The SMILES string of the molecule is CNC(=O)CNC(=O)C(=O)C(CC(F)(F)F)NC(=O)OC(C)(C)C. The minimum absolute atomic E-state index is 0.591. The molecule has 0 aromatic heterocycles. The fourth-order valence-corrected chi connectivity index (χ4v) is 1.38. The van der Waals surface area contributed by atoms with Crippen molar-refractivity contribution < 1.29 is 37.1 Å². The number of amides is 3. The number of carbonyl (C=O) groups is 4. The molecule has 0 bridgehead atoms. The molecule has 1 atom stereocenters. The van der Waals surface area contributed by atoms with Gasteiger partial charge in [0.1, 0.15) is 11.6 Å². The Bertz CT molecular complexity index is 500. The zero-order valence-corrected chi connectivity index (χ0v) is 13.7. The maximum absolute atomic E-state index is 12.5. The number of nitrogens with one attached hydrogen (secondary N) is 3. The lowest BCUT2D eigenvalue weighted by Gasteiger charge is -2.23. The van der Waals surface area contributed by atoms with Gasteiger partial charge < -0.3 is 20.7 Å². The molecule has 0 radical (unpaired) electrons. The molecular formula is C13H20F3N3O5. The van der Waals surface area contributed by atoms with Gasteiger partial charge in [0.05, 0.1) is 13.0 Å². The van der Waals surface area contributed by atoms with Crippen molar-refractivity contribution in [1.29, 1.82) is 0 Å². The summed E-state index contributed by atoms with van der Waals surface area (Å²) in [4.78, 5) is 45.9. The number of alkyl carbamates (subject to hydrolysis) is 1. The standard InChI is InChI=1S/C13H20F3N3O5/c1-12(2,3)24-11(23)19-7(5-13(14,15)16)9(21)10(22)18-6-8(20)17-4/h7H,5-6H2,1-4H3,(H,17,20)(H,18,22)(H,19,23). The Balaban J connectivity index is 4.99. The van der Waals surface area contributed by atoms with Crippen LogP contribution in [0.2, 0.25) is 0 Å². The first-order valence-electron chi connectivity index (χ1n) is 6.84. The normalized spacial score (nSPS) is 12.8. The highest BCUT2D eigenvalue weighted by Crippen LogP contribution is 2.22. The Kier molecular flexibility index (Phi) is 7.68. The zero-order valence-electron chi connectivity index (χ0n) is 13.7. The molecule has 8 nitrogen and oxygen atoms in total. The third-order valence-electron chi connectivity index (χ3n) is 2.36. The van der Waals surface area contributed by atoms with E-state index in [0.717, 1.165) is 0 Å². The number of hydrogen-bond acceptors (Lipinski definition) is 5. The second kappa shape index (κ2) is 8.50. The number of halogens is 3. The van der Waals surface area contributed by atoms with Crippen LogP contribution in [0.5, 0.6) is 0 Å². The number of likely N-dealkylation sites (N-methyl/N-ethyl adjacent to an activating group) is 1. The summed E-state index contributed by atoms with van der Waals surface area (Å²) in [5, 5.41) is 5.73. The van der Waals surface area contributed by atoms with E-state index in [-0.39, 0.29) is 0 Å². The van der Waals surface area contributed by atoms with Crippen molar-refractivity contribution in [1.82, 2.24) is 16.0 Å². The topological polar surface area (TPSA) is 114 Å². The molecule has 0 heterocycles. The van der Waals surface area contributed by atoms with Gasteiger partial charge >= 0.3 is 12.3 Å². The molecule has 3 N–H and O–H groups in total. The number of alkyl halides is 3. The molecule has 11 heteroatoms. The van der Waals surface area contributed by atoms with Crippen molar-refractivity contribution in [2.75, 3.05) is 13.6 Å². The second-order valence-corrected chi connectivity index (χ2v) is 5.74. The van der Waals surface area contributed by atoms with Crippen LogP contribution in [-0.4, -0.2) is 55.1 Å². The molecule has 0 aliphatic heterocycles. The second-order valence-electron chi connectivity index (χ2n) is 5.74. The molecule has 0 fully saturated rings. The summed E-state index contributed by atoms with van der Waals surface area (Å²) in [5.41, 5.74) is -1.00. The Morgan fingerprint density at radius 3 is 2.04 bits per heavy atom. The van der Waals surface area contributed by atoms with E-state index < -0.39 is 54.5 Å². The quantitative estimate of drug-likeness (QED) is 0.592. The van der Waals surface area contributed by atoms with Gasteiger partial charge in [-0.25, -0.2) is 4.79 Å². The average Bonchev–Trinajstić information content (AvgIpc) is 2.39. The fraction of sp³-hybridized carbons (Fsp3) is 0.692. The van der Waals surface area contributed by atoms with Gasteiger partial charge in [-0.3, -0.25) is 14.4 Å². The summed E-state index contributed by atoms with van der Waals surface area (Å²) >= 11 is 0. The van der Waals surface area contributed by atoms with Gasteiger partial charge in [-0.05, 0) is 20.8 Å². The zero-order chi connectivity index (χ0) is 19.1. The van der Waals surface area contributed by atoms with Crippen LogP contribution in [0.15, 0.2) is 0 Å². The summed E-state index contributed by atoms with van der Waals surface area (Å²) in [6, 6.07) is -2.16. The van der Waals surface area contributed by atoms with Crippen LogP contribution >= 0.6 is 0 Å². The number of Topliss-reactive ketones (excluding diaryl/α,β-unsaturated/α-hetero) is 1. The highest BCUT2D eigenvalue weighted by molar-refractivity contribution is 6.38. The molecule has 0 rings (SSSR count). The highest BCUT2D eigenvalue weighted by atomic mass is 19.4. The van der Waals surface area contributed by atoms with Crippen molar-refractivity contribution in [3.8, 4) is 0 Å². The van der Waals surface area contributed by atoms with Crippen molar-refractivity contribution in [3.63, 3.8) is 0 Å². The maximum atomic E-state index is 12.5. The van der Waals surface area contributed by atoms with Crippen LogP contribution < -0.4 is 16.0 Å². The summed E-state index contributed by atoms with van der Waals surface area (Å²) in [6.07, 6.45) is -7.83. The molecule has 0 aliphatic rings. The van der Waals surface area contributed by atoms with Crippen molar-refractivity contribution in [2.24, 2.45) is 0 Å². The summed E-state index contributed by atoms with van der Waals surface area (Å²) in [5.74, 6) is -3.62. The van der Waals surface area contributed by atoms with Gasteiger partial charge in [-0.15, -0.1) is 0 Å². The highest BCUT2D eigenvalue weighted by Gasteiger charge is 2.39. The predicted octanol–water partition coefficient (Wildman–Crippen LogP) is 0.263. The maximum Gasteiger partial charge on any atom is 0.408 e. The minimum Gasteiger partial charge on any atom is -0.444 e. The summed E-state index contributed by atoms with van der Waals surface area (Å²) in [7, 11) is 1.27. The lowest BCUT2D eigenvalue weighted by Crippen LogP contribution is -2.51. The van der Waals surface area contributed by atoms with E-state index in [9.17, 15) is 32.3 Å². The van der Waals surface area contributed by atoms with E-state index in [1.54, 1.807) is 5.32 Å². The molecule has 0 aliphatic carbocycles. The first-order chi connectivity index (χ1) is 10.7. The van der Waals surface area contributed by atoms with Crippen LogP contribution in [0, 0.1) is 0 Å². The van der Waals surface area contributed by atoms with Gasteiger partial charge in [0, 0.05) is 7.05 Å². The Morgan fingerprint density at radius 1 is 1.08 bits per heavy atom. The van der Waals surface area contributed by atoms with Gasteiger partial charge in [0.15, 0.2) is 0 Å². The van der Waals surface area contributed by atoms with Crippen LogP contribution in [0.4, 0.5) is 18.0 Å². The third-order valence-corrected chi connectivity index (χ3v) is 2.36. The molecule has 3 amide bonds. The molecule has 138 valence electrons. The first kappa shape index (κ1) is 21.7. The average molecular weight is 355 g/mol. The number of rotatable bonds is 6. The lowest BCUT2D eigenvalue weighted by atomic mass is 10.1. The lowest BCUT2D eigenvalue weighted by molar-refractivity contribution is -0.152. The van der Waals surface area contributed by atoms with Gasteiger partial charge in [0.25, 0.3) is 5.91 Å². The van der Waals surface area contributed by atoms with Crippen LogP contribution in [0.25, 0.3) is 0 Å². The van der Waals surface area contributed by atoms with Crippen molar-refractivity contribution >= 4 is 23.7 Å². The Hall–Kier alpha value is -2.33. The minimum atomic E-state index is -4.81. The number of ether oxygens (including phenoxy) is 1. The molecule has 1 unspecified atom stereocenters. The predicted molar refractivity (Wildman–Crippen MR) is 75.9 cm³/mol. The molecular weight excluding hydrogens is 335 g/mol. The number of ketones is 1. The largest absolute Gasteiger partial charge is 0.444 e. The molecule has 0 aromatic carbocycles. The monoisotopic (exact) mass is 355 g/mol.